The molecule has 25 N–H and O–H groups in total. The fraction of sp³-hybridized carbons (Fsp3) is 0.438. The standard InChI is InChI=1S/5C16H19N3O5S.4Na.4H/c5*1-16(2)11(15(23)24)19-13(22)10(14(19)25-16)18-12(21)9(17)7-3-5-8(20)6-4-7;;;;;;;;/h5*3-6,9-11,14,20H,17H2,1-2H3,(H,18,21)(H,23,24);;;;;;;;/t5*9?,10-,11+,14-;;;;;;;;/m11111......../s1. The molecule has 10 saturated heterocycles. The Hall–Kier alpha value is -7.30. The number of hydrogen-bond acceptors (Lipinski definition) is 30. The number of carboxylic acids is 5. The predicted octanol–water partition coefficient (Wildman–Crippen LogP) is -2.48. The van der Waals surface area contributed by atoms with Crippen LogP contribution >= 0.6 is 58.8 Å². The van der Waals surface area contributed by atoms with Crippen molar-refractivity contribution in [3.05, 3.63) is 149 Å². The van der Waals surface area contributed by atoms with Crippen LogP contribution in [0.25, 0.3) is 0 Å². The van der Waals surface area contributed by atoms with E-state index < -0.39 is 230 Å². The molecule has 0 bridgehead atoms. The SMILES string of the molecule is CC1(C)S[C@@H]2[C@H](NC(=O)C(N)c3ccc(O)cc3)C(=O)N2[C@H]1C(=O)O.CC1(C)S[C@@H]2[C@H](NC(=O)C(N)c3ccc(O)cc3)C(=O)N2[C@H]1C(=O)O.CC1(C)S[C@@H]2[C@H](NC(=O)C(N)c3ccc(O)cc3)C(=O)N2[C@H]1C(=O)O.CC1(C)S[C@@H]2[C@H](NC(=O)C(N)c3ccc(O)cc3)C(=O)N2[C@H]1C(=O)O.CC1(C)S[C@@H]2[C@H](NC(=O)C(N)c3ccc(O)cc3)C(=O)N2[C@H]1C(=O)O.[NaH].[NaH].[NaH].[NaH]. The van der Waals surface area contributed by atoms with Gasteiger partial charge in [-0.15, -0.1) is 58.8 Å². The Bertz CT molecular complexity index is 4430. The molecule has 5 aromatic carbocycles. The molecule has 5 aromatic rings. The molecule has 0 spiro atoms. The second-order valence-electron chi connectivity index (χ2n) is 33.3. The van der Waals surface area contributed by atoms with Crippen molar-refractivity contribution in [2.45, 2.75) is 210 Å². The number of hydrogen-bond donors (Lipinski definition) is 20. The average molecular weight is 1920 g/mol. The fourth-order valence-electron chi connectivity index (χ4n) is 16.1. The predicted molar refractivity (Wildman–Crippen MR) is 482 cm³/mol. The number of benzene rings is 5. The zero-order valence-corrected chi connectivity index (χ0v) is 72.4. The van der Waals surface area contributed by atoms with Gasteiger partial charge in [-0.3, -0.25) is 47.9 Å². The van der Waals surface area contributed by atoms with Gasteiger partial charge in [0, 0.05) is 23.7 Å². The molecule has 0 radical (unpaired) electrons. The van der Waals surface area contributed by atoms with Crippen molar-refractivity contribution in [3.8, 4) is 28.7 Å². The molecule has 0 aromatic heterocycles. The number of nitrogens with two attached hydrogens (primary N) is 5. The van der Waals surface area contributed by atoms with Gasteiger partial charge in [0.15, 0.2) is 0 Å². The van der Waals surface area contributed by atoms with Gasteiger partial charge in [0.1, 0.15) is 146 Å². The first-order valence-corrected chi connectivity index (χ1v) is 42.9. The van der Waals surface area contributed by atoms with Crippen molar-refractivity contribution < 1.29 is 123 Å². The molecular formula is C80H99N15Na4O25S5. The third-order valence-electron chi connectivity index (χ3n) is 22.5. The minimum atomic E-state index is -1.06. The maximum absolute atomic E-state index is 12.3. The van der Waals surface area contributed by atoms with Gasteiger partial charge in [0.2, 0.25) is 59.1 Å². The molecule has 5 unspecified atom stereocenters. The molecule has 40 nitrogen and oxygen atoms in total. The zero-order valence-electron chi connectivity index (χ0n) is 68.4. The van der Waals surface area contributed by atoms with Gasteiger partial charge >= 0.3 is 148 Å². The quantitative estimate of drug-likeness (QED) is 0.0283. The van der Waals surface area contributed by atoms with E-state index in [0.717, 1.165) is 0 Å². The zero-order chi connectivity index (χ0) is 92.6. The Balaban J connectivity index is 0.000000219. The summed E-state index contributed by atoms with van der Waals surface area (Å²) < 4.78 is -3.24. The minimum absolute atomic E-state index is 0. The van der Waals surface area contributed by atoms with Crippen LogP contribution in [0.2, 0.25) is 0 Å². The van der Waals surface area contributed by atoms with Crippen LogP contribution in [0, 0.1) is 0 Å². The van der Waals surface area contributed by atoms with Crippen LogP contribution in [-0.4, -0.2) is 394 Å². The second kappa shape index (κ2) is 42.1. The fourth-order valence-corrected chi connectivity index (χ4v) is 24.2. The number of nitrogens with one attached hydrogen (secondary N) is 5. The van der Waals surface area contributed by atoms with E-state index in [-0.39, 0.29) is 147 Å². The van der Waals surface area contributed by atoms with Crippen LogP contribution in [0.15, 0.2) is 121 Å². The topological polar surface area (TPSA) is 665 Å². The Kier molecular flexibility index (Phi) is 35.5. The molecule has 10 aliphatic heterocycles. The number of phenolic OH excluding ortho intramolecular Hbond substituents is 5. The molecule has 15 rings (SSSR count). The van der Waals surface area contributed by atoms with Crippen LogP contribution in [0.3, 0.4) is 0 Å². The van der Waals surface area contributed by atoms with Gasteiger partial charge in [-0.25, -0.2) is 24.0 Å². The monoisotopic (exact) mass is 1920 g/mol. The summed E-state index contributed by atoms with van der Waals surface area (Å²) >= 11 is 6.77. The first kappa shape index (κ1) is 109. The number of carboxylic acid groups (broad SMARTS) is 5. The molecule has 10 fully saturated rings. The molecule has 10 heterocycles. The summed E-state index contributed by atoms with van der Waals surface area (Å²) in [6.45, 7) is 17.7. The Morgan fingerprint density at radius 1 is 0.264 bits per heavy atom. The van der Waals surface area contributed by atoms with E-state index in [2.05, 4.69) is 26.6 Å². The average Bonchev–Trinajstić information content (AvgIpc) is 1.60. The van der Waals surface area contributed by atoms with Crippen LogP contribution in [-0.2, 0) is 71.9 Å². The van der Waals surface area contributed by atoms with Gasteiger partial charge in [0.25, 0.3) is 0 Å². The van der Waals surface area contributed by atoms with Crippen molar-refractivity contribution in [1.82, 2.24) is 51.1 Å². The van der Waals surface area contributed by atoms with Crippen molar-refractivity contribution in [2.75, 3.05) is 0 Å². The van der Waals surface area contributed by atoms with Crippen LogP contribution < -0.4 is 55.3 Å². The summed E-state index contributed by atoms with van der Waals surface area (Å²) in [5.41, 5.74) is 32.0. The second-order valence-corrected chi connectivity index (χ2v) is 42.1. The molecule has 0 saturated carbocycles. The Morgan fingerprint density at radius 3 is 0.488 bits per heavy atom. The molecular weight excluding hydrogens is 1820 g/mol. The third kappa shape index (κ3) is 22.1. The van der Waals surface area contributed by atoms with E-state index in [0.29, 0.717) is 27.8 Å². The van der Waals surface area contributed by atoms with Gasteiger partial charge in [-0.2, -0.15) is 0 Å². The Labute approximate surface area is 848 Å². The summed E-state index contributed by atoms with van der Waals surface area (Å²) in [6.07, 6.45) is 0. The maximum atomic E-state index is 12.3. The van der Waals surface area contributed by atoms with Crippen LogP contribution in [0.4, 0.5) is 0 Å². The molecule has 20 atom stereocenters. The Morgan fingerprint density at radius 2 is 0.380 bits per heavy atom. The number of thioether (sulfide) groups is 5. The van der Waals surface area contributed by atoms with Gasteiger partial charge in [-0.1, -0.05) is 60.7 Å². The van der Waals surface area contributed by atoms with Crippen molar-refractivity contribution in [3.63, 3.8) is 0 Å². The summed E-state index contributed by atoms with van der Waals surface area (Å²) in [7, 11) is 0. The summed E-state index contributed by atoms with van der Waals surface area (Å²) in [6, 6.07) is 16.0. The van der Waals surface area contributed by atoms with Gasteiger partial charge < -0.3 is 131 Å². The van der Waals surface area contributed by atoms with E-state index in [9.17, 15) is 123 Å². The first-order valence-electron chi connectivity index (χ1n) is 38.5. The third-order valence-corrected chi connectivity index (χ3v) is 30.4. The molecule has 678 valence electrons. The van der Waals surface area contributed by atoms with E-state index in [1.165, 1.54) is 205 Å². The van der Waals surface area contributed by atoms with Crippen molar-refractivity contribution in [2.24, 2.45) is 28.7 Å². The molecule has 10 aliphatic rings. The number of aromatic hydroxyl groups is 5. The molecule has 0 aliphatic carbocycles. The number of amides is 10. The number of nitrogens with zero attached hydrogens (tertiary/aromatic N) is 5. The normalized spacial score (nSPS) is 27.2. The number of carbonyl (C=O) groups excluding carboxylic acids is 10. The molecule has 10 amide bonds. The number of fused-ring (bicyclic) bond motifs is 5. The number of aliphatic carboxylic acids is 5. The van der Waals surface area contributed by atoms with Gasteiger partial charge in [-0.05, 0) is 158 Å². The van der Waals surface area contributed by atoms with Crippen molar-refractivity contribution in [1.29, 1.82) is 0 Å². The van der Waals surface area contributed by atoms with Crippen LogP contribution in [0.5, 0.6) is 28.7 Å². The van der Waals surface area contributed by atoms with E-state index in [1.807, 2.05) is 0 Å². The summed E-state index contributed by atoms with van der Waals surface area (Å²) in [5.74, 6) is -9.69. The number of β-lactam (4-membered cyclic amide) rings is 5. The van der Waals surface area contributed by atoms with E-state index in [1.54, 1.807) is 69.2 Å². The number of carbonyl (C=O) groups is 15. The van der Waals surface area contributed by atoms with E-state index >= 15 is 0 Å². The molecule has 49 heteroatoms. The van der Waals surface area contributed by atoms with Crippen LogP contribution in [0.1, 0.15) is 127 Å². The van der Waals surface area contributed by atoms with Gasteiger partial charge in [0.05, 0.1) is 0 Å². The first-order chi connectivity index (χ1) is 58.2. The summed E-state index contributed by atoms with van der Waals surface area (Å²) in [4.78, 5) is 187. The molecule has 129 heavy (non-hydrogen) atoms. The number of phenols is 5. The van der Waals surface area contributed by atoms with E-state index in [4.69, 9.17) is 28.7 Å². The van der Waals surface area contributed by atoms with Crippen molar-refractivity contribution >= 4 is 266 Å². The summed E-state index contributed by atoms with van der Waals surface area (Å²) in [5, 5.41) is 104. The number of rotatable bonds is 20.